The second-order valence-electron chi connectivity index (χ2n) is 6.09. The van der Waals surface area contributed by atoms with Gasteiger partial charge in [-0.3, -0.25) is 0 Å². The first-order chi connectivity index (χ1) is 11.6. The van der Waals surface area contributed by atoms with Gasteiger partial charge in [-0.15, -0.1) is 0 Å². The first-order valence-corrected chi connectivity index (χ1v) is 9.18. The number of benzene rings is 2. The van der Waals surface area contributed by atoms with Crippen molar-refractivity contribution in [3.8, 4) is 11.3 Å². The molecule has 0 saturated carbocycles. The number of hydrogen-bond acceptors (Lipinski definition) is 1. The van der Waals surface area contributed by atoms with Crippen molar-refractivity contribution in [2.24, 2.45) is 5.73 Å². The zero-order valence-corrected chi connectivity index (χ0v) is 15.3. The largest absolute Gasteiger partial charge is 0.354 e. The molecular formula is C20H22Cl2N2. The van der Waals surface area contributed by atoms with E-state index in [1.165, 1.54) is 16.5 Å². The maximum absolute atomic E-state index is 6.23. The zero-order chi connectivity index (χ0) is 17.1. The van der Waals surface area contributed by atoms with Gasteiger partial charge in [-0.1, -0.05) is 42.3 Å². The highest BCUT2D eigenvalue weighted by Crippen LogP contribution is 2.35. The molecule has 3 rings (SSSR count). The van der Waals surface area contributed by atoms with E-state index in [1.54, 1.807) is 0 Å². The van der Waals surface area contributed by atoms with Crippen molar-refractivity contribution in [1.82, 2.24) is 4.98 Å². The predicted octanol–water partition coefficient (Wildman–Crippen LogP) is 5.99. The lowest BCUT2D eigenvalue weighted by Crippen LogP contribution is -1.99. The molecule has 0 amide bonds. The van der Waals surface area contributed by atoms with Crippen molar-refractivity contribution in [2.45, 2.75) is 32.6 Å². The van der Waals surface area contributed by atoms with Crippen LogP contribution in [0.2, 0.25) is 10.0 Å². The molecule has 126 valence electrons. The molecule has 1 heterocycles. The van der Waals surface area contributed by atoms with E-state index in [1.807, 2.05) is 18.2 Å². The molecular weight excluding hydrogens is 339 g/mol. The Morgan fingerprint density at radius 1 is 1.00 bits per heavy atom. The molecule has 0 radical (unpaired) electrons. The van der Waals surface area contributed by atoms with Crippen LogP contribution in [0.25, 0.3) is 22.2 Å². The number of halogens is 2. The van der Waals surface area contributed by atoms with Crippen molar-refractivity contribution >= 4 is 34.1 Å². The summed E-state index contributed by atoms with van der Waals surface area (Å²) in [4.78, 5) is 3.57. The Morgan fingerprint density at radius 2 is 1.83 bits per heavy atom. The van der Waals surface area contributed by atoms with Gasteiger partial charge in [0.05, 0.1) is 10.0 Å². The number of unbranched alkanes of at least 4 members (excludes halogenated alkanes) is 1. The molecule has 0 aliphatic rings. The van der Waals surface area contributed by atoms with Crippen LogP contribution in [0.1, 0.15) is 30.9 Å². The number of aromatic nitrogens is 1. The lowest BCUT2D eigenvalue weighted by atomic mass is 9.99. The zero-order valence-electron chi connectivity index (χ0n) is 13.8. The van der Waals surface area contributed by atoms with Gasteiger partial charge < -0.3 is 10.7 Å². The van der Waals surface area contributed by atoms with Gasteiger partial charge in [-0.2, -0.15) is 0 Å². The highest BCUT2D eigenvalue weighted by atomic mass is 35.5. The van der Waals surface area contributed by atoms with Crippen LogP contribution in [0.3, 0.4) is 0 Å². The van der Waals surface area contributed by atoms with E-state index in [0.29, 0.717) is 10.0 Å². The van der Waals surface area contributed by atoms with E-state index in [0.717, 1.165) is 49.0 Å². The predicted molar refractivity (Wildman–Crippen MR) is 105 cm³/mol. The van der Waals surface area contributed by atoms with Crippen LogP contribution in [0.4, 0.5) is 0 Å². The van der Waals surface area contributed by atoms with Gasteiger partial charge >= 0.3 is 0 Å². The molecule has 24 heavy (non-hydrogen) atoms. The Balaban J connectivity index is 2.13. The molecule has 2 aromatic carbocycles. The topological polar surface area (TPSA) is 41.8 Å². The molecule has 3 N–H and O–H groups in total. The van der Waals surface area contributed by atoms with Crippen LogP contribution in [-0.2, 0) is 12.8 Å². The van der Waals surface area contributed by atoms with Gasteiger partial charge in [0, 0.05) is 16.6 Å². The highest BCUT2D eigenvalue weighted by molar-refractivity contribution is 6.42. The van der Waals surface area contributed by atoms with Gasteiger partial charge in [0.1, 0.15) is 0 Å². The second-order valence-corrected chi connectivity index (χ2v) is 6.90. The quantitative estimate of drug-likeness (QED) is 0.521. The summed E-state index contributed by atoms with van der Waals surface area (Å²) in [7, 11) is 0. The second kappa shape index (κ2) is 7.60. The van der Waals surface area contributed by atoms with E-state index in [9.17, 15) is 0 Å². The summed E-state index contributed by atoms with van der Waals surface area (Å²) >= 11 is 12.3. The number of fused-ring (bicyclic) bond motifs is 1. The molecule has 0 aliphatic heterocycles. The summed E-state index contributed by atoms with van der Waals surface area (Å²) in [6.07, 6.45) is 4.14. The van der Waals surface area contributed by atoms with E-state index in [2.05, 4.69) is 30.1 Å². The van der Waals surface area contributed by atoms with Crippen LogP contribution >= 0.6 is 23.2 Å². The summed E-state index contributed by atoms with van der Waals surface area (Å²) in [6, 6.07) is 12.5. The lowest BCUT2D eigenvalue weighted by Gasteiger charge is -2.07. The number of nitrogens with two attached hydrogens (primary N) is 1. The van der Waals surface area contributed by atoms with E-state index in [-0.39, 0.29) is 0 Å². The average Bonchev–Trinajstić information content (AvgIpc) is 2.95. The Bertz CT molecular complexity index is 852. The fraction of sp³-hybridized carbons (Fsp3) is 0.300. The highest BCUT2D eigenvalue weighted by Gasteiger charge is 2.14. The Labute approximate surface area is 153 Å². The summed E-state index contributed by atoms with van der Waals surface area (Å²) in [5.41, 5.74) is 11.7. The number of nitrogens with one attached hydrogen (secondary N) is 1. The fourth-order valence-electron chi connectivity index (χ4n) is 3.12. The number of H-pyrrole nitrogens is 1. The van der Waals surface area contributed by atoms with Gasteiger partial charge in [0.15, 0.2) is 0 Å². The first kappa shape index (κ1) is 17.3. The summed E-state index contributed by atoms with van der Waals surface area (Å²) in [6.45, 7) is 2.91. The number of aromatic amines is 1. The number of rotatable bonds is 6. The minimum atomic E-state index is 0.578. The Kier molecular flexibility index (Phi) is 5.50. The van der Waals surface area contributed by atoms with Gasteiger partial charge in [-0.05, 0) is 73.2 Å². The lowest BCUT2D eigenvalue weighted by molar-refractivity contribution is 0.748. The maximum Gasteiger partial charge on any atom is 0.0599 e. The average molecular weight is 361 g/mol. The number of hydrogen-bond donors (Lipinski definition) is 2. The van der Waals surface area contributed by atoms with Crippen LogP contribution < -0.4 is 5.73 Å². The maximum atomic E-state index is 6.23. The molecule has 3 aromatic rings. The molecule has 4 heteroatoms. The van der Waals surface area contributed by atoms with E-state index >= 15 is 0 Å². The monoisotopic (exact) mass is 360 g/mol. The van der Waals surface area contributed by atoms with Crippen molar-refractivity contribution < 1.29 is 0 Å². The Hall–Kier alpha value is -1.48. The van der Waals surface area contributed by atoms with Crippen molar-refractivity contribution in [1.29, 1.82) is 0 Å². The molecule has 0 aliphatic carbocycles. The van der Waals surface area contributed by atoms with Crippen LogP contribution in [0.15, 0.2) is 36.4 Å². The minimum absolute atomic E-state index is 0.578. The molecule has 0 spiro atoms. The van der Waals surface area contributed by atoms with Crippen LogP contribution in [-0.4, -0.2) is 11.5 Å². The van der Waals surface area contributed by atoms with Gasteiger partial charge in [0.25, 0.3) is 0 Å². The minimum Gasteiger partial charge on any atom is -0.354 e. The summed E-state index contributed by atoms with van der Waals surface area (Å²) < 4.78 is 0. The van der Waals surface area contributed by atoms with Crippen LogP contribution in [0, 0.1) is 0 Å². The molecule has 1 aromatic heterocycles. The van der Waals surface area contributed by atoms with Crippen molar-refractivity contribution in [3.05, 3.63) is 57.6 Å². The third-order valence-electron chi connectivity index (χ3n) is 4.47. The number of aryl methyl sites for hydroxylation is 2. The smallest absolute Gasteiger partial charge is 0.0599 e. The molecule has 0 saturated heterocycles. The Morgan fingerprint density at radius 3 is 2.54 bits per heavy atom. The summed E-state index contributed by atoms with van der Waals surface area (Å²) in [5, 5.41) is 2.46. The standard InChI is InChI=1S/C20H22Cl2N2/c1-2-13-6-9-19-16(11-13)15(5-3-4-10-23)20(24-19)14-7-8-17(21)18(22)12-14/h6-9,11-12,24H,2-5,10,23H2,1H3. The van der Waals surface area contributed by atoms with E-state index < -0.39 is 0 Å². The SMILES string of the molecule is CCc1ccc2[nH]c(-c3ccc(Cl)c(Cl)c3)c(CCCCN)c2c1. The van der Waals surface area contributed by atoms with Crippen molar-refractivity contribution in [3.63, 3.8) is 0 Å². The van der Waals surface area contributed by atoms with E-state index in [4.69, 9.17) is 28.9 Å². The first-order valence-electron chi connectivity index (χ1n) is 8.43. The molecule has 2 nitrogen and oxygen atoms in total. The molecule has 0 fully saturated rings. The van der Waals surface area contributed by atoms with Gasteiger partial charge in [-0.25, -0.2) is 0 Å². The normalized spacial score (nSPS) is 11.3. The fourth-order valence-corrected chi connectivity index (χ4v) is 3.42. The van der Waals surface area contributed by atoms with Gasteiger partial charge in [0.2, 0.25) is 0 Å². The van der Waals surface area contributed by atoms with Crippen LogP contribution in [0.5, 0.6) is 0 Å². The molecule has 0 atom stereocenters. The molecule has 0 bridgehead atoms. The third-order valence-corrected chi connectivity index (χ3v) is 5.21. The summed E-state index contributed by atoms with van der Waals surface area (Å²) in [5.74, 6) is 0. The third kappa shape index (κ3) is 3.46. The van der Waals surface area contributed by atoms with Crippen molar-refractivity contribution in [2.75, 3.05) is 6.54 Å². The molecule has 0 unspecified atom stereocenters.